The number of nitrogens with two attached hydrogens (primary N) is 1. The second-order valence-electron chi connectivity index (χ2n) is 4.71. The van der Waals surface area contributed by atoms with Crippen molar-refractivity contribution in [3.05, 3.63) is 11.9 Å². The summed E-state index contributed by atoms with van der Waals surface area (Å²) >= 11 is 1.97. The predicted molar refractivity (Wildman–Crippen MR) is 71.6 cm³/mol. The number of rotatable bonds is 4. The minimum absolute atomic E-state index is 0.0161. The molecule has 0 amide bonds. The van der Waals surface area contributed by atoms with Gasteiger partial charge in [0.25, 0.3) is 0 Å². The number of methoxy groups -OCH3 is 1. The molecule has 96 valence electrons. The van der Waals surface area contributed by atoms with Gasteiger partial charge in [-0.2, -0.15) is 16.9 Å². The van der Waals surface area contributed by atoms with Crippen LogP contribution in [0.2, 0.25) is 0 Å². The summed E-state index contributed by atoms with van der Waals surface area (Å²) in [7, 11) is 1.68. The van der Waals surface area contributed by atoms with Gasteiger partial charge in [0.2, 0.25) is 0 Å². The van der Waals surface area contributed by atoms with E-state index in [0.29, 0.717) is 11.3 Å². The number of nitrogens with zero attached hydrogens (tertiary/aromatic N) is 2. The largest absolute Gasteiger partial charge is 0.493 e. The van der Waals surface area contributed by atoms with Gasteiger partial charge in [-0.25, -0.2) is 0 Å². The first-order valence-corrected chi connectivity index (χ1v) is 7.18. The zero-order valence-electron chi connectivity index (χ0n) is 10.7. The topological polar surface area (TPSA) is 53.1 Å². The molecular weight excluding hydrogens is 234 g/mol. The molecule has 4 nitrogen and oxygen atoms in total. The maximum atomic E-state index is 6.40. The highest BCUT2D eigenvalue weighted by Gasteiger charge is 2.29. The Morgan fingerprint density at radius 1 is 1.59 bits per heavy atom. The molecule has 1 aliphatic rings. The van der Waals surface area contributed by atoms with E-state index in [1.54, 1.807) is 13.3 Å². The van der Waals surface area contributed by atoms with Gasteiger partial charge in [0, 0.05) is 11.3 Å². The third-order valence-corrected chi connectivity index (χ3v) is 4.67. The number of hydrogen-bond donors (Lipinski definition) is 1. The van der Waals surface area contributed by atoms with Gasteiger partial charge in [-0.3, -0.25) is 4.68 Å². The molecule has 0 saturated carbocycles. The number of thioether (sulfide) groups is 1. The van der Waals surface area contributed by atoms with Gasteiger partial charge >= 0.3 is 0 Å². The van der Waals surface area contributed by atoms with E-state index in [9.17, 15) is 0 Å². The molecule has 1 fully saturated rings. The number of aromatic nitrogens is 2. The molecule has 5 heteroatoms. The molecule has 0 bridgehead atoms. The lowest BCUT2D eigenvalue weighted by Crippen LogP contribution is -2.26. The molecule has 0 aromatic carbocycles. The number of ether oxygens (including phenoxy) is 1. The Morgan fingerprint density at radius 3 is 2.88 bits per heavy atom. The summed E-state index contributed by atoms with van der Waals surface area (Å²) in [6, 6.07) is 0.328. The maximum Gasteiger partial charge on any atom is 0.161 e. The molecule has 2 atom stereocenters. The van der Waals surface area contributed by atoms with Crippen LogP contribution in [-0.4, -0.2) is 27.9 Å². The summed E-state index contributed by atoms with van der Waals surface area (Å²) in [5, 5.41) is 4.88. The van der Waals surface area contributed by atoms with Crippen molar-refractivity contribution in [1.29, 1.82) is 0 Å². The van der Waals surface area contributed by atoms with Crippen molar-refractivity contribution < 1.29 is 4.74 Å². The highest BCUT2D eigenvalue weighted by molar-refractivity contribution is 8.00. The Bertz CT molecular complexity index is 372. The first-order chi connectivity index (χ1) is 8.15. The average molecular weight is 255 g/mol. The molecular formula is C12H21N3OS. The molecule has 0 aliphatic carbocycles. The van der Waals surface area contributed by atoms with Gasteiger partial charge in [-0.15, -0.1) is 0 Å². The van der Waals surface area contributed by atoms with E-state index in [1.807, 2.05) is 16.4 Å². The van der Waals surface area contributed by atoms with Crippen LogP contribution in [0.5, 0.6) is 5.75 Å². The third kappa shape index (κ3) is 2.45. The third-order valence-electron chi connectivity index (χ3n) is 3.19. The molecule has 17 heavy (non-hydrogen) atoms. The fraction of sp³-hybridized carbons (Fsp3) is 0.750. The minimum Gasteiger partial charge on any atom is -0.493 e. The molecule has 2 rings (SSSR count). The first kappa shape index (κ1) is 12.8. The van der Waals surface area contributed by atoms with Crippen LogP contribution in [0.25, 0.3) is 0 Å². The quantitative estimate of drug-likeness (QED) is 0.897. The highest BCUT2D eigenvalue weighted by atomic mass is 32.2. The van der Waals surface area contributed by atoms with Crippen molar-refractivity contribution in [2.75, 3.05) is 12.9 Å². The van der Waals surface area contributed by atoms with Crippen molar-refractivity contribution in [3.8, 4) is 5.75 Å². The van der Waals surface area contributed by atoms with Crippen molar-refractivity contribution in [3.63, 3.8) is 0 Å². The van der Waals surface area contributed by atoms with Crippen molar-refractivity contribution in [2.45, 2.75) is 44.0 Å². The molecule has 1 aliphatic heterocycles. The van der Waals surface area contributed by atoms with E-state index in [2.05, 4.69) is 18.9 Å². The Hall–Kier alpha value is -0.680. The smallest absolute Gasteiger partial charge is 0.161 e. The van der Waals surface area contributed by atoms with Crippen LogP contribution in [0.15, 0.2) is 6.20 Å². The lowest BCUT2D eigenvalue weighted by molar-refractivity contribution is 0.394. The summed E-state index contributed by atoms with van der Waals surface area (Å²) in [6.45, 7) is 4.23. The second-order valence-corrected chi connectivity index (χ2v) is 6.06. The molecule has 1 aromatic heterocycles. The molecule has 1 aromatic rings. The average Bonchev–Trinajstić information content (AvgIpc) is 2.96. The maximum absolute atomic E-state index is 6.40. The van der Waals surface area contributed by atoms with Crippen LogP contribution in [0.4, 0.5) is 0 Å². The van der Waals surface area contributed by atoms with Gasteiger partial charge in [0.05, 0.1) is 25.0 Å². The summed E-state index contributed by atoms with van der Waals surface area (Å²) in [5.74, 6) is 2.04. The molecule has 2 N–H and O–H groups in total. The van der Waals surface area contributed by atoms with E-state index in [0.717, 1.165) is 11.4 Å². The zero-order chi connectivity index (χ0) is 12.4. The fourth-order valence-electron chi connectivity index (χ4n) is 2.30. The zero-order valence-corrected chi connectivity index (χ0v) is 11.5. The van der Waals surface area contributed by atoms with E-state index >= 15 is 0 Å². The Labute approximate surface area is 107 Å². The van der Waals surface area contributed by atoms with Crippen molar-refractivity contribution >= 4 is 11.8 Å². The van der Waals surface area contributed by atoms with Gasteiger partial charge < -0.3 is 10.5 Å². The lowest BCUT2D eigenvalue weighted by atomic mass is 10.1. The standard InChI is InChI=1S/C12H21N3OS/c1-8(2)15-12(9(16-3)7-14-15)11(13)10-5-4-6-17-10/h7-8,10-11H,4-6,13H2,1-3H3. The highest BCUT2D eigenvalue weighted by Crippen LogP contribution is 2.38. The summed E-state index contributed by atoms with van der Waals surface area (Å²) in [5.41, 5.74) is 7.44. The van der Waals surface area contributed by atoms with Crippen LogP contribution < -0.4 is 10.5 Å². The summed E-state index contributed by atoms with van der Waals surface area (Å²) in [4.78, 5) is 0. The molecule has 2 unspecified atom stereocenters. The lowest BCUT2D eigenvalue weighted by Gasteiger charge is -2.22. The van der Waals surface area contributed by atoms with Crippen LogP contribution in [-0.2, 0) is 0 Å². The normalized spacial score (nSPS) is 22.1. The molecule has 0 spiro atoms. The van der Waals surface area contributed by atoms with Gasteiger partial charge in [0.1, 0.15) is 0 Å². The monoisotopic (exact) mass is 255 g/mol. The first-order valence-electron chi connectivity index (χ1n) is 6.13. The molecule has 2 heterocycles. The van der Waals surface area contributed by atoms with Crippen LogP contribution >= 0.6 is 11.8 Å². The van der Waals surface area contributed by atoms with Crippen LogP contribution in [0.1, 0.15) is 44.5 Å². The van der Waals surface area contributed by atoms with Crippen molar-refractivity contribution in [1.82, 2.24) is 9.78 Å². The SMILES string of the molecule is COc1cnn(C(C)C)c1C(N)C1CCCS1. The van der Waals surface area contributed by atoms with Crippen LogP contribution in [0.3, 0.4) is 0 Å². The Morgan fingerprint density at radius 2 is 2.35 bits per heavy atom. The van der Waals surface area contributed by atoms with E-state index in [1.165, 1.54) is 18.6 Å². The van der Waals surface area contributed by atoms with E-state index in [-0.39, 0.29) is 6.04 Å². The Balaban J connectivity index is 2.30. The minimum atomic E-state index is 0.0161. The van der Waals surface area contributed by atoms with Gasteiger partial charge in [-0.1, -0.05) is 0 Å². The van der Waals surface area contributed by atoms with Crippen molar-refractivity contribution in [2.24, 2.45) is 5.73 Å². The fourth-order valence-corrected chi connectivity index (χ4v) is 3.61. The number of hydrogen-bond acceptors (Lipinski definition) is 4. The second kappa shape index (κ2) is 5.31. The van der Waals surface area contributed by atoms with Gasteiger partial charge in [-0.05, 0) is 32.4 Å². The van der Waals surface area contributed by atoms with E-state index < -0.39 is 0 Å². The predicted octanol–water partition coefficient (Wildman–Crippen LogP) is 2.37. The molecule has 1 saturated heterocycles. The van der Waals surface area contributed by atoms with Gasteiger partial charge in [0.15, 0.2) is 5.75 Å². The Kier molecular flexibility index (Phi) is 3.99. The summed E-state index contributed by atoms with van der Waals surface area (Å²) < 4.78 is 7.37. The summed E-state index contributed by atoms with van der Waals surface area (Å²) in [6.07, 6.45) is 4.23. The molecule has 0 radical (unpaired) electrons. The van der Waals surface area contributed by atoms with Crippen LogP contribution in [0, 0.1) is 0 Å². The van der Waals surface area contributed by atoms with E-state index in [4.69, 9.17) is 10.5 Å².